The normalized spacial score (nSPS) is 11.9. The topological polar surface area (TPSA) is 95.5 Å². The molecule has 0 bridgehead atoms. The Morgan fingerprint density at radius 3 is 2.61 bits per heavy atom. The second-order valence-corrected chi connectivity index (χ2v) is 4.60. The van der Waals surface area contributed by atoms with Gasteiger partial charge in [-0.05, 0) is 5.56 Å². The summed E-state index contributed by atoms with van der Waals surface area (Å²) in [6.45, 7) is 0. The van der Waals surface area contributed by atoms with Gasteiger partial charge in [-0.3, -0.25) is 14.9 Å². The summed E-state index contributed by atoms with van der Waals surface area (Å²) >= 11 is 1.48. The standard InChI is InChI=1S/C11H14N2O4S/c1-17-11(14)10(12)7-18-6-8-2-4-9(5-3-8)13(15)16/h2-5,10H,6-7,12H2,1H3. The molecule has 1 unspecified atom stereocenters. The van der Waals surface area contributed by atoms with Gasteiger partial charge in [0.2, 0.25) is 0 Å². The van der Waals surface area contributed by atoms with Gasteiger partial charge in [-0.25, -0.2) is 0 Å². The Kier molecular flexibility index (Phi) is 5.60. The van der Waals surface area contributed by atoms with Crippen molar-refractivity contribution in [2.75, 3.05) is 12.9 Å². The predicted molar refractivity (Wildman–Crippen MR) is 69.2 cm³/mol. The lowest BCUT2D eigenvalue weighted by atomic mass is 10.2. The number of nitro benzene ring substituents is 1. The Morgan fingerprint density at radius 2 is 2.11 bits per heavy atom. The van der Waals surface area contributed by atoms with Crippen molar-refractivity contribution in [1.82, 2.24) is 0 Å². The van der Waals surface area contributed by atoms with Gasteiger partial charge in [0.25, 0.3) is 5.69 Å². The highest BCUT2D eigenvalue weighted by Crippen LogP contribution is 2.17. The van der Waals surface area contributed by atoms with Crippen molar-refractivity contribution in [2.45, 2.75) is 11.8 Å². The average Bonchev–Trinajstić information content (AvgIpc) is 2.38. The van der Waals surface area contributed by atoms with Gasteiger partial charge in [-0.1, -0.05) is 12.1 Å². The van der Waals surface area contributed by atoms with Gasteiger partial charge < -0.3 is 10.5 Å². The van der Waals surface area contributed by atoms with E-state index in [2.05, 4.69) is 4.74 Å². The summed E-state index contributed by atoms with van der Waals surface area (Å²) < 4.78 is 4.50. The summed E-state index contributed by atoms with van der Waals surface area (Å²) in [6.07, 6.45) is 0. The van der Waals surface area contributed by atoms with Crippen molar-refractivity contribution in [3.63, 3.8) is 0 Å². The lowest BCUT2D eigenvalue weighted by Crippen LogP contribution is -2.33. The molecule has 6 nitrogen and oxygen atoms in total. The zero-order chi connectivity index (χ0) is 13.5. The molecule has 1 aromatic rings. The van der Waals surface area contributed by atoms with Crippen molar-refractivity contribution in [1.29, 1.82) is 0 Å². The molecule has 0 aromatic heterocycles. The Bertz CT molecular complexity index is 422. The largest absolute Gasteiger partial charge is 0.468 e. The number of carbonyl (C=O) groups excluding carboxylic acids is 1. The van der Waals surface area contributed by atoms with Gasteiger partial charge in [0.15, 0.2) is 0 Å². The molecule has 1 aromatic carbocycles. The molecular formula is C11H14N2O4S. The van der Waals surface area contributed by atoms with Crippen molar-refractivity contribution in [2.24, 2.45) is 5.73 Å². The molecule has 0 aliphatic heterocycles. The van der Waals surface area contributed by atoms with Crippen LogP contribution in [0.1, 0.15) is 5.56 Å². The van der Waals surface area contributed by atoms with Crippen LogP contribution in [0.15, 0.2) is 24.3 Å². The monoisotopic (exact) mass is 270 g/mol. The first kappa shape index (κ1) is 14.5. The molecule has 7 heteroatoms. The first-order chi connectivity index (χ1) is 8.54. The number of carbonyl (C=O) groups is 1. The minimum atomic E-state index is -0.641. The molecule has 0 heterocycles. The Morgan fingerprint density at radius 1 is 1.50 bits per heavy atom. The lowest BCUT2D eigenvalue weighted by molar-refractivity contribution is -0.384. The van der Waals surface area contributed by atoms with Crippen LogP contribution in [-0.4, -0.2) is 29.8 Å². The highest BCUT2D eigenvalue weighted by atomic mass is 32.2. The summed E-state index contributed by atoms with van der Waals surface area (Å²) in [6, 6.07) is 5.65. The summed E-state index contributed by atoms with van der Waals surface area (Å²) in [5.74, 6) is 0.651. The molecule has 0 saturated heterocycles. The highest BCUT2D eigenvalue weighted by Gasteiger charge is 2.13. The van der Waals surface area contributed by atoms with Crippen LogP contribution in [0, 0.1) is 10.1 Å². The second-order valence-electron chi connectivity index (χ2n) is 3.57. The fourth-order valence-corrected chi connectivity index (χ4v) is 2.17. The van der Waals surface area contributed by atoms with Crippen LogP contribution in [0.4, 0.5) is 5.69 Å². The van der Waals surface area contributed by atoms with E-state index in [0.717, 1.165) is 5.56 Å². The first-order valence-corrected chi connectivity index (χ1v) is 6.34. The SMILES string of the molecule is COC(=O)C(N)CSCc1ccc([N+](=O)[O-])cc1. The molecule has 18 heavy (non-hydrogen) atoms. The second kappa shape index (κ2) is 6.97. The molecule has 0 aliphatic rings. The smallest absolute Gasteiger partial charge is 0.323 e. The molecule has 0 spiro atoms. The molecule has 0 amide bonds. The minimum Gasteiger partial charge on any atom is -0.468 e. The van der Waals surface area contributed by atoms with E-state index in [0.29, 0.717) is 11.5 Å². The van der Waals surface area contributed by atoms with E-state index in [1.54, 1.807) is 12.1 Å². The van der Waals surface area contributed by atoms with Gasteiger partial charge in [0.05, 0.1) is 12.0 Å². The van der Waals surface area contributed by atoms with Crippen molar-refractivity contribution in [3.8, 4) is 0 Å². The predicted octanol–water partition coefficient (Wildman–Crippen LogP) is 1.33. The van der Waals surface area contributed by atoms with Crippen LogP contribution in [0.3, 0.4) is 0 Å². The van der Waals surface area contributed by atoms with Gasteiger partial charge in [0.1, 0.15) is 6.04 Å². The number of ether oxygens (including phenoxy) is 1. The third kappa shape index (κ3) is 4.34. The van der Waals surface area contributed by atoms with E-state index in [4.69, 9.17) is 5.73 Å². The highest BCUT2D eigenvalue weighted by molar-refractivity contribution is 7.98. The summed E-state index contributed by atoms with van der Waals surface area (Å²) in [7, 11) is 1.29. The summed E-state index contributed by atoms with van der Waals surface area (Å²) in [4.78, 5) is 21.1. The molecule has 0 aliphatic carbocycles. The van der Waals surface area contributed by atoms with E-state index in [-0.39, 0.29) is 5.69 Å². The number of benzene rings is 1. The number of methoxy groups -OCH3 is 1. The number of non-ortho nitro benzene ring substituents is 1. The van der Waals surface area contributed by atoms with Gasteiger partial charge in [0, 0.05) is 23.6 Å². The van der Waals surface area contributed by atoms with Gasteiger partial charge in [-0.2, -0.15) is 11.8 Å². The Balaban J connectivity index is 2.40. The Hall–Kier alpha value is -1.60. The molecule has 0 fully saturated rings. The van der Waals surface area contributed by atoms with E-state index in [1.807, 2.05) is 0 Å². The lowest BCUT2D eigenvalue weighted by Gasteiger charge is -2.08. The van der Waals surface area contributed by atoms with E-state index in [1.165, 1.54) is 31.0 Å². The van der Waals surface area contributed by atoms with Crippen molar-refractivity contribution < 1.29 is 14.5 Å². The van der Waals surface area contributed by atoms with Gasteiger partial charge in [-0.15, -0.1) is 0 Å². The van der Waals surface area contributed by atoms with Crippen LogP contribution in [0.2, 0.25) is 0 Å². The van der Waals surface area contributed by atoms with Crippen LogP contribution in [0.25, 0.3) is 0 Å². The molecule has 0 saturated carbocycles. The van der Waals surface area contributed by atoms with Crippen LogP contribution in [0.5, 0.6) is 0 Å². The number of esters is 1. The quantitative estimate of drug-likeness (QED) is 0.476. The number of nitro groups is 1. The molecule has 0 radical (unpaired) electrons. The molecule has 98 valence electrons. The Labute approximate surface area is 109 Å². The molecular weight excluding hydrogens is 256 g/mol. The van der Waals surface area contributed by atoms with Gasteiger partial charge >= 0.3 is 5.97 Å². The number of nitrogens with zero attached hydrogens (tertiary/aromatic N) is 1. The summed E-state index contributed by atoms with van der Waals surface area (Å²) in [5.41, 5.74) is 6.58. The fourth-order valence-electron chi connectivity index (χ4n) is 1.24. The number of hydrogen-bond donors (Lipinski definition) is 1. The van der Waals surface area contributed by atoms with E-state index >= 15 is 0 Å². The van der Waals surface area contributed by atoms with E-state index in [9.17, 15) is 14.9 Å². The molecule has 1 atom stereocenters. The van der Waals surface area contributed by atoms with E-state index < -0.39 is 16.9 Å². The summed E-state index contributed by atoms with van der Waals surface area (Å²) in [5, 5.41) is 10.5. The first-order valence-electron chi connectivity index (χ1n) is 5.19. The number of rotatable bonds is 6. The number of hydrogen-bond acceptors (Lipinski definition) is 6. The maximum Gasteiger partial charge on any atom is 0.323 e. The molecule has 1 rings (SSSR count). The van der Waals surface area contributed by atoms with Crippen molar-refractivity contribution in [3.05, 3.63) is 39.9 Å². The number of thioether (sulfide) groups is 1. The van der Waals surface area contributed by atoms with Crippen molar-refractivity contribution >= 4 is 23.4 Å². The van der Waals surface area contributed by atoms with Crippen LogP contribution in [-0.2, 0) is 15.3 Å². The number of nitrogens with two attached hydrogens (primary N) is 1. The third-order valence-corrected chi connectivity index (χ3v) is 3.35. The van der Waals surface area contributed by atoms with Crippen LogP contribution < -0.4 is 5.73 Å². The maximum absolute atomic E-state index is 11.0. The zero-order valence-electron chi connectivity index (χ0n) is 9.87. The fraction of sp³-hybridized carbons (Fsp3) is 0.364. The third-order valence-electron chi connectivity index (χ3n) is 2.22. The van der Waals surface area contributed by atoms with Crippen LogP contribution >= 0.6 is 11.8 Å². The molecule has 2 N–H and O–H groups in total. The zero-order valence-corrected chi connectivity index (χ0v) is 10.7. The minimum absolute atomic E-state index is 0.0648. The maximum atomic E-state index is 11.0. The average molecular weight is 270 g/mol.